The molecule has 3 aliphatic rings. The minimum atomic E-state index is -0.290. The maximum Gasteiger partial charge on any atom is 0.240 e. The van der Waals surface area contributed by atoms with Gasteiger partial charge in [0.1, 0.15) is 6.54 Å². The second-order valence-corrected chi connectivity index (χ2v) is 7.47. The van der Waals surface area contributed by atoms with E-state index in [0.29, 0.717) is 6.54 Å². The van der Waals surface area contributed by atoms with E-state index in [1.807, 2.05) is 26.0 Å². The molecule has 0 radical (unpaired) electrons. The molecule has 4 rings (SSSR count). The van der Waals surface area contributed by atoms with Gasteiger partial charge in [-0.3, -0.25) is 19.3 Å². The van der Waals surface area contributed by atoms with Crippen molar-refractivity contribution < 1.29 is 14.4 Å². The quantitative estimate of drug-likeness (QED) is 0.671. The van der Waals surface area contributed by atoms with Gasteiger partial charge in [0.05, 0.1) is 11.8 Å². The smallest absolute Gasteiger partial charge is 0.240 e. The SMILES string of the molecule is Cc1ccc(CNC(=O)CN2C(=O)[C@H]3[C@H](C2=O)[C@H]2C=C[C@H]3C2)c(C)c1. The number of hydrogen-bond acceptors (Lipinski definition) is 3. The molecule has 2 aliphatic carbocycles. The van der Waals surface area contributed by atoms with Crippen LogP contribution in [0.15, 0.2) is 30.4 Å². The van der Waals surface area contributed by atoms with Gasteiger partial charge in [0.15, 0.2) is 0 Å². The summed E-state index contributed by atoms with van der Waals surface area (Å²) in [5.74, 6) is -0.766. The van der Waals surface area contributed by atoms with Gasteiger partial charge in [-0.25, -0.2) is 0 Å². The van der Waals surface area contributed by atoms with Gasteiger partial charge < -0.3 is 5.32 Å². The Morgan fingerprint density at radius 1 is 1.12 bits per heavy atom. The molecule has 3 amide bonds. The Bertz CT molecular complexity index is 768. The topological polar surface area (TPSA) is 66.5 Å². The molecule has 1 N–H and O–H groups in total. The van der Waals surface area contributed by atoms with Crippen LogP contribution in [0.25, 0.3) is 0 Å². The summed E-state index contributed by atoms with van der Waals surface area (Å²) < 4.78 is 0. The number of carbonyl (C=O) groups is 3. The normalized spacial score (nSPS) is 29.4. The Labute approximate surface area is 147 Å². The van der Waals surface area contributed by atoms with Crippen LogP contribution >= 0.6 is 0 Å². The molecule has 0 spiro atoms. The van der Waals surface area contributed by atoms with Crippen molar-refractivity contribution in [2.75, 3.05) is 6.54 Å². The van der Waals surface area contributed by atoms with Crippen LogP contribution in [0, 0.1) is 37.5 Å². The maximum absolute atomic E-state index is 12.6. The summed E-state index contributed by atoms with van der Waals surface area (Å²) in [4.78, 5) is 38.6. The van der Waals surface area contributed by atoms with Gasteiger partial charge >= 0.3 is 0 Å². The lowest BCUT2D eigenvalue weighted by Crippen LogP contribution is -2.41. The van der Waals surface area contributed by atoms with E-state index in [0.717, 1.165) is 17.5 Å². The van der Waals surface area contributed by atoms with E-state index >= 15 is 0 Å². The Balaban J connectivity index is 1.38. The molecule has 2 fully saturated rings. The van der Waals surface area contributed by atoms with E-state index in [2.05, 4.69) is 23.5 Å². The second kappa shape index (κ2) is 5.83. The number of nitrogens with zero attached hydrogens (tertiary/aromatic N) is 1. The number of likely N-dealkylation sites (tertiary alicyclic amines) is 1. The lowest BCUT2D eigenvalue weighted by atomic mass is 9.85. The summed E-state index contributed by atoms with van der Waals surface area (Å²) in [5, 5.41) is 2.83. The summed E-state index contributed by atoms with van der Waals surface area (Å²) in [6, 6.07) is 6.07. The zero-order valence-electron chi connectivity index (χ0n) is 14.5. The molecule has 130 valence electrons. The zero-order valence-corrected chi connectivity index (χ0v) is 14.5. The number of benzene rings is 1. The van der Waals surface area contributed by atoms with Crippen molar-refractivity contribution in [2.45, 2.75) is 26.8 Å². The van der Waals surface area contributed by atoms with Crippen LogP contribution in [0.5, 0.6) is 0 Å². The Hall–Kier alpha value is -2.43. The summed E-state index contributed by atoms with van der Waals surface area (Å²) in [6.07, 6.45) is 5.01. The first-order valence-electron chi connectivity index (χ1n) is 8.82. The van der Waals surface area contributed by atoms with E-state index in [4.69, 9.17) is 0 Å². The molecular formula is C20H22N2O3. The highest BCUT2D eigenvalue weighted by Crippen LogP contribution is 2.52. The molecule has 0 aromatic heterocycles. The maximum atomic E-state index is 12.6. The molecule has 1 saturated carbocycles. The first-order chi connectivity index (χ1) is 12.0. The highest BCUT2D eigenvalue weighted by Gasteiger charge is 2.59. The highest BCUT2D eigenvalue weighted by molar-refractivity contribution is 6.08. The third kappa shape index (κ3) is 2.58. The number of fused-ring (bicyclic) bond motifs is 5. The third-order valence-electron chi connectivity index (χ3n) is 5.84. The van der Waals surface area contributed by atoms with Crippen molar-refractivity contribution >= 4 is 17.7 Å². The van der Waals surface area contributed by atoms with Crippen LogP contribution < -0.4 is 5.32 Å². The van der Waals surface area contributed by atoms with Gasteiger partial charge in [0, 0.05) is 6.54 Å². The van der Waals surface area contributed by atoms with Crippen molar-refractivity contribution in [3.63, 3.8) is 0 Å². The summed E-state index contributed by atoms with van der Waals surface area (Å²) in [5.41, 5.74) is 3.33. The van der Waals surface area contributed by atoms with Crippen molar-refractivity contribution in [2.24, 2.45) is 23.7 Å². The van der Waals surface area contributed by atoms with Gasteiger partial charge in [-0.2, -0.15) is 0 Å². The lowest BCUT2D eigenvalue weighted by Gasteiger charge is -2.17. The number of hydrogen-bond donors (Lipinski definition) is 1. The van der Waals surface area contributed by atoms with E-state index < -0.39 is 0 Å². The summed E-state index contributed by atoms with van der Waals surface area (Å²) >= 11 is 0. The lowest BCUT2D eigenvalue weighted by molar-refractivity contribution is -0.144. The second-order valence-electron chi connectivity index (χ2n) is 7.47. The fraction of sp³-hybridized carbons (Fsp3) is 0.450. The van der Waals surface area contributed by atoms with Crippen molar-refractivity contribution in [1.82, 2.24) is 10.2 Å². The number of aryl methyl sites for hydroxylation is 2. The molecule has 1 saturated heterocycles. The van der Waals surface area contributed by atoms with Crippen molar-refractivity contribution in [3.05, 3.63) is 47.0 Å². The number of rotatable bonds is 4. The predicted molar refractivity (Wildman–Crippen MR) is 92.2 cm³/mol. The Morgan fingerprint density at radius 2 is 1.76 bits per heavy atom. The standard InChI is InChI=1S/C20H22N2O3/c1-11-3-4-15(12(2)7-11)9-21-16(23)10-22-19(24)17-13-5-6-14(8-13)18(17)20(22)25/h3-7,13-14,17-18H,8-10H2,1-2H3,(H,21,23)/t13-,14-,17+,18+/m0/s1. The molecule has 1 aromatic carbocycles. The Kier molecular flexibility index (Phi) is 3.74. The monoisotopic (exact) mass is 338 g/mol. The number of amides is 3. The highest BCUT2D eigenvalue weighted by atomic mass is 16.2. The molecule has 1 aromatic rings. The zero-order chi connectivity index (χ0) is 17.7. The minimum Gasteiger partial charge on any atom is -0.350 e. The molecule has 2 bridgehead atoms. The fourth-order valence-electron chi connectivity index (χ4n) is 4.56. The summed E-state index contributed by atoms with van der Waals surface area (Å²) in [7, 11) is 0. The first kappa shape index (κ1) is 16.1. The fourth-order valence-corrected chi connectivity index (χ4v) is 4.56. The van der Waals surface area contributed by atoms with E-state index in [1.165, 1.54) is 10.5 Å². The van der Waals surface area contributed by atoms with Crippen molar-refractivity contribution in [1.29, 1.82) is 0 Å². The van der Waals surface area contributed by atoms with Crippen LogP contribution in [0.3, 0.4) is 0 Å². The predicted octanol–water partition coefficient (Wildman–Crippen LogP) is 1.73. The van der Waals surface area contributed by atoms with Gasteiger partial charge in [-0.15, -0.1) is 0 Å². The average molecular weight is 338 g/mol. The van der Waals surface area contributed by atoms with E-state index in [1.54, 1.807) is 0 Å². The Morgan fingerprint density at radius 3 is 2.36 bits per heavy atom. The van der Waals surface area contributed by atoms with Gasteiger partial charge in [-0.05, 0) is 43.2 Å². The van der Waals surface area contributed by atoms with Gasteiger partial charge in [-0.1, -0.05) is 35.9 Å². The molecule has 1 heterocycles. The molecule has 5 nitrogen and oxygen atoms in total. The molecule has 25 heavy (non-hydrogen) atoms. The van der Waals surface area contributed by atoms with Crippen LogP contribution in [-0.2, 0) is 20.9 Å². The van der Waals surface area contributed by atoms with E-state index in [-0.39, 0.29) is 47.9 Å². The van der Waals surface area contributed by atoms with E-state index in [9.17, 15) is 14.4 Å². The number of allylic oxidation sites excluding steroid dienone is 2. The number of imide groups is 1. The van der Waals surface area contributed by atoms with Crippen LogP contribution in [0.2, 0.25) is 0 Å². The first-order valence-corrected chi connectivity index (χ1v) is 8.82. The number of carbonyl (C=O) groups excluding carboxylic acids is 3. The van der Waals surface area contributed by atoms with Crippen LogP contribution in [0.4, 0.5) is 0 Å². The van der Waals surface area contributed by atoms with Crippen LogP contribution in [0.1, 0.15) is 23.1 Å². The molecule has 4 atom stereocenters. The molecule has 0 unspecified atom stereocenters. The van der Waals surface area contributed by atoms with Crippen LogP contribution in [-0.4, -0.2) is 29.2 Å². The molecular weight excluding hydrogens is 316 g/mol. The average Bonchev–Trinajstić information content (AvgIpc) is 3.24. The van der Waals surface area contributed by atoms with Crippen molar-refractivity contribution in [3.8, 4) is 0 Å². The third-order valence-corrected chi connectivity index (χ3v) is 5.84. The number of nitrogens with one attached hydrogen (secondary N) is 1. The van der Waals surface area contributed by atoms with Gasteiger partial charge in [0.2, 0.25) is 17.7 Å². The summed E-state index contributed by atoms with van der Waals surface area (Å²) in [6.45, 7) is 4.26. The minimum absolute atomic E-state index is 0.172. The van der Waals surface area contributed by atoms with Gasteiger partial charge in [0.25, 0.3) is 0 Å². The molecule has 5 heteroatoms. The largest absolute Gasteiger partial charge is 0.350 e. The molecule has 1 aliphatic heterocycles.